The lowest BCUT2D eigenvalue weighted by atomic mass is 10.1. The third kappa shape index (κ3) is 11.1. The summed E-state index contributed by atoms with van der Waals surface area (Å²) >= 11 is 0. The first-order valence-electron chi connectivity index (χ1n) is 13.5. The number of ether oxygens (including phenoxy) is 2. The Morgan fingerprint density at radius 3 is 2.45 bits per heavy atom. The number of aromatic hydroxyl groups is 1. The van der Waals surface area contributed by atoms with E-state index >= 15 is 0 Å². The van der Waals surface area contributed by atoms with Crippen molar-refractivity contribution in [2.24, 2.45) is 0 Å². The van der Waals surface area contributed by atoms with Crippen LogP contribution in [0, 0.1) is 0 Å². The highest BCUT2D eigenvalue weighted by atomic mass is 16.5. The highest BCUT2D eigenvalue weighted by Gasteiger charge is 2.09. The van der Waals surface area contributed by atoms with Gasteiger partial charge in [0.2, 0.25) is 0 Å². The molecule has 0 heterocycles. The quantitative estimate of drug-likeness (QED) is 0.160. The summed E-state index contributed by atoms with van der Waals surface area (Å²) in [7, 11) is 0. The molecule has 3 aromatic carbocycles. The molecule has 0 saturated heterocycles. The number of hydrogen-bond donors (Lipinski definition) is 4. The van der Waals surface area contributed by atoms with E-state index < -0.39 is 6.10 Å². The van der Waals surface area contributed by atoms with Crippen LogP contribution < -0.4 is 10.1 Å². The molecule has 4 N–H and O–H groups in total. The van der Waals surface area contributed by atoms with E-state index in [0.717, 1.165) is 68.7 Å². The number of aliphatic hydroxyl groups is 2. The van der Waals surface area contributed by atoms with E-state index in [2.05, 4.69) is 41.7 Å². The summed E-state index contributed by atoms with van der Waals surface area (Å²) in [6, 6.07) is 23.1. The SMILES string of the molecule is OCc1cc(C(O)CNCCCCCCOCC/C=C/c2ccc(OCc3ccccc3)cc2)ccc1O. The van der Waals surface area contributed by atoms with E-state index in [4.69, 9.17) is 9.47 Å². The van der Waals surface area contributed by atoms with Crippen molar-refractivity contribution in [3.63, 3.8) is 0 Å². The van der Waals surface area contributed by atoms with Gasteiger partial charge in [-0.2, -0.15) is 0 Å². The van der Waals surface area contributed by atoms with Gasteiger partial charge in [-0.3, -0.25) is 0 Å². The molecule has 0 aliphatic rings. The fourth-order valence-electron chi connectivity index (χ4n) is 3.99. The molecule has 38 heavy (non-hydrogen) atoms. The molecule has 0 fully saturated rings. The fourth-order valence-corrected chi connectivity index (χ4v) is 3.99. The number of rotatable bonds is 18. The molecule has 0 radical (unpaired) electrons. The average molecular weight is 520 g/mol. The minimum Gasteiger partial charge on any atom is -0.508 e. The predicted octanol–water partition coefficient (Wildman–Crippen LogP) is 5.77. The van der Waals surface area contributed by atoms with Gasteiger partial charge >= 0.3 is 0 Å². The van der Waals surface area contributed by atoms with E-state index in [-0.39, 0.29) is 12.4 Å². The van der Waals surface area contributed by atoms with E-state index in [9.17, 15) is 15.3 Å². The van der Waals surface area contributed by atoms with Gasteiger partial charge in [-0.15, -0.1) is 0 Å². The second-order valence-electron chi connectivity index (χ2n) is 9.33. The Labute approximate surface area is 226 Å². The molecule has 3 rings (SSSR count). The van der Waals surface area contributed by atoms with Crippen molar-refractivity contribution in [2.45, 2.75) is 51.4 Å². The van der Waals surface area contributed by atoms with Gasteiger partial charge < -0.3 is 30.1 Å². The Morgan fingerprint density at radius 2 is 1.66 bits per heavy atom. The topological polar surface area (TPSA) is 91.2 Å². The molecule has 6 nitrogen and oxygen atoms in total. The molecule has 0 aliphatic heterocycles. The number of unbranched alkanes of at least 4 members (excludes halogenated alkanes) is 3. The smallest absolute Gasteiger partial charge is 0.121 e. The molecule has 204 valence electrons. The lowest BCUT2D eigenvalue weighted by Crippen LogP contribution is -2.22. The Hall–Kier alpha value is -3.16. The molecule has 0 aliphatic carbocycles. The number of nitrogens with one attached hydrogen (secondary N) is 1. The minimum atomic E-state index is -0.665. The number of benzene rings is 3. The van der Waals surface area contributed by atoms with Crippen LogP contribution in [0.1, 0.15) is 60.5 Å². The molecule has 0 spiro atoms. The van der Waals surface area contributed by atoms with Gasteiger partial charge in [-0.1, -0.05) is 73.5 Å². The van der Waals surface area contributed by atoms with Gasteiger partial charge in [-0.05, 0) is 66.8 Å². The zero-order valence-corrected chi connectivity index (χ0v) is 22.1. The Kier molecular flexibility index (Phi) is 13.4. The maximum atomic E-state index is 10.3. The lowest BCUT2D eigenvalue weighted by molar-refractivity contribution is 0.134. The molecule has 1 unspecified atom stereocenters. The summed E-state index contributed by atoms with van der Waals surface area (Å²) in [4.78, 5) is 0. The van der Waals surface area contributed by atoms with Crippen LogP contribution in [0.5, 0.6) is 11.5 Å². The van der Waals surface area contributed by atoms with Crippen LogP contribution in [0.3, 0.4) is 0 Å². The first kappa shape index (κ1) is 29.4. The van der Waals surface area contributed by atoms with Gasteiger partial charge in [0, 0.05) is 18.7 Å². The molecule has 0 amide bonds. The van der Waals surface area contributed by atoms with Gasteiger partial charge in [0.25, 0.3) is 0 Å². The molecule has 0 saturated carbocycles. The molecular formula is C32H41NO5. The summed E-state index contributed by atoms with van der Waals surface area (Å²) in [6.45, 7) is 3.11. The molecule has 6 heteroatoms. The second kappa shape index (κ2) is 17.4. The van der Waals surface area contributed by atoms with Crippen LogP contribution in [0.4, 0.5) is 0 Å². The van der Waals surface area contributed by atoms with Crippen molar-refractivity contribution in [3.05, 3.63) is 101 Å². The third-order valence-electron chi connectivity index (χ3n) is 6.26. The minimum absolute atomic E-state index is 0.0452. The van der Waals surface area contributed by atoms with Crippen LogP contribution in [0.15, 0.2) is 78.9 Å². The van der Waals surface area contributed by atoms with Gasteiger partial charge in [-0.25, -0.2) is 0 Å². The van der Waals surface area contributed by atoms with E-state index in [1.165, 1.54) is 6.07 Å². The second-order valence-corrected chi connectivity index (χ2v) is 9.33. The molecule has 1 atom stereocenters. The zero-order valence-electron chi connectivity index (χ0n) is 22.1. The summed E-state index contributed by atoms with van der Waals surface area (Å²) in [5.41, 5.74) is 3.42. The van der Waals surface area contributed by atoms with Crippen LogP contribution >= 0.6 is 0 Å². The summed E-state index contributed by atoms with van der Waals surface area (Å²) in [5.74, 6) is 0.915. The average Bonchev–Trinajstić information content (AvgIpc) is 2.95. The lowest BCUT2D eigenvalue weighted by Gasteiger charge is -2.14. The first-order chi connectivity index (χ1) is 18.7. The van der Waals surface area contributed by atoms with Crippen LogP contribution in [-0.2, 0) is 18.0 Å². The summed E-state index contributed by atoms with van der Waals surface area (Å²) in [6.07, 6.45) is 8.81. The molecular weight excluding hydrogens is 478 g/mol. The van der Waals surface area contributed by atoms with Crippen LogP contribution in [0.2, 0.25) is 0 Å². The normalized spacial score (nSPS) is 12.2. The predicted molar refractivity (Wildman–Crippen MR) is 152 cm³/mol. The van der Waals surface area contributed by atoms with Crippen molar-refractivity contribution >= 4 is 6.08 Å². The Bertz CT molecular complexity index is 1070. The first-order valence-corrected chi connectivity index (χ1v) is 13.5. The highest BCUT2D eigenvalue weighted by Crippen LogP contribution is 2.22. The monoisotopic (exact) mass is 519 g/mol. The molecule has 0 bridgehead atoms. The maximum absolute atomic E-state index is 10.3. The van der Waals surface area contributed by atoms with Crippen molar-refractivity contribution in [1.82, 2.24) is 5.32 Å². The van der Waals surface area contributed by atoms with Crippen molar-refractivity contribution in [2.75, 3.05) is 26.3 Å². The summed E-state index contributed by atoms with van der Waals surface area (Å²) < 4.78 is 11.6. The van der Waals surface area contributed by atoms with Crippen LogP contribution in [0.25, 0.3) is 6.08 Å². The van der Waals surface area contributed by atoms with Gasteiger partial charge in [0.05, 0.1) is 19.3 Å². The molecule has 3 aromatic rings. The van der Waals surface area contributed by atoms with Crippen molar-refractivity contribution in [3.8, 4) is 11.5 Å². The maximum Gasteiger partial charge on any atom is 0.121 e. The standard InChI is InChI=1S/C32H41NO5/c34-24-29-22-28(15-18-31(29)35)32(36)23-33-19-7-1-2-8-20-37-21-9-6-10-26-13-16-30(17-14-26)38-25-27-11-4-3-5-12-27/h3-6,10-18,22,32-36H,1-2,7-9,19-21,23-25H2/b10-6+. The van der Waals surface area contributed by atoms with E-state index in [1.54, 1.807) is 12.1 Å². The number of hydrogen-bond acceptors (Lipinski definition) is 6. The Balaban J connectivity index is 1.14. The Morgan fingerprint density at radius 1 is 0.868 bits per heavy atom. The highest BCUT2D eigenvalue weighted by molar-refractivity contribution is 5.50. The van der Waals surface area contributed by atoms with Crippen molar-refractivity contribution < 1.29 is 24.8 Å². The van der Waals surface area contributed by atoms with Crippen molar-refractivity contribution in [1.29, 1.82) is 0 Å². The molecule has 0 aromatic heterocycles. The van der Waals surface area contributed by atoms with Crippen LogP contribution in [-0.4, -0.2) is 41.6 Å². The number of phenols is 1. The van der Waals surface area contributed by atoms with E-state index in [0.29, 0.717) is 24.3 Å². The van der Waals surface area contributed by atoms with E-state index in [1.807, 2.05) is 30.3 Å². The number of aliphatic hydroxyl groups excluding tert-OH is 2. The third-order valence-corrected chi connectivity index (χ3v) is 6.26. The largest absolute Gasteiger partial charge is 0.508 e. The van der Waals surface area contributed by atoms with Gasteiger partial charge in [0.15, 0.2) is 0 Å². The zero-order chi connectivity index (χ0) is 26.8. The van der Waals surface area contributed by atoms with Gasteiger partial charge in [0.1, 0.15) is 18.1 Å². The summed E-state index contributed by atoms with van der Waals surface area (Å²) in [5, 5.41) is 32.4. The fraction of sp³-hybridized carbons (Fsp3) is 0.375.